The van der Waals surface area contributed by atoms with Gasteiger partial charge in [-0.05, 0) is 36.8 Å². The predicted molar refractivity (Wildman–Crippen MR) is 86.9 cm³/mol. The van der Waals surface area contributed by atoms with Crippen LogP contribution < -0.4 is 11.1 Å². The lowest BCUT2D eigenvalue weighted by Crippen LogP contribution is -2.47. The summed E-state index contributed by atoms with van der Waals surface area (Å²) in [5.41, 5.74) is 5.43. The van der Waals surface area contributed by atoms with Crippen LogP contribution in [0.2, 0.25) is 0 Å². The number of carbonyl (C=O) groups excluding carboxylic acids is 1. The van der Waals surface area contributed by atoms with Crippen molar-refractivity contribution in [3.63, 3.8) is 0 Å². The smallest absolute Gasteiger partial charge is 0.381 e. The minimum atomic E-state index is -4.39. The zero-order valence-corrected chi connectivity index (χ0v) is 14.0. The second-order valence-electron chi connectivity index (χ2n) is 5.67. The second kappa shape index (κ2) is 9.25. The average molecular weight is 367 g/mol. The average Bonchev–Trinajstić information content (AvgIpc) is 2.54. The zero-order chi connectivity index (χ0) is 16.9. The van der Waals surface area contributed by atoms with Gasteiger partial charge in [-0.15, -0.1) is 12.4 Å². The van der Waals surface area contributed by atoms with Gasteiger partial charge in [0.2, 0.25) is 5.91 Å². The highest BCUT2D eigenvalue weighted by Gasteiger charge is 2.32. The van der Waals surface area contributed by atoms with Gasteiger partial charge in [0.25, 0.3) is 0 Å². The van der Waals surface area contributed by atoms with E-state index in [4.69, 9.17) is 10.5 Å². The van der Waals surface area contributed by atoms with Gasteiger partial charge in [-0.3, -0.25) is 4.79 Å². The summed E-state index contributed by atoms with van der Waals surface area (Å²) >= 11 is 0. The normalized spacial score (nSPS) is 17.0. The molecule has 0 aliphatic carbocycles. The molecule has 1 unspecified atom stereocenters. The maximum absolute atomic E-state index is 12.9. The molecule has 1 aliphatic rings. The van der Waals surface area contributed by atoms with E-state index in [9.17, 15) is 18.0 Å². The van der Waals surface area contributed by atoms with Crippen molar-refractivity contribution in [3.8, 4) is 0 Å². The Bertz CT molecular complexity index is 534. The highest BCUT2D eigenvalue weighted by molar-refractivity contribution is 5.85. The minimum absolute atomic E-state index is 0. The topological polar surface area (TPSA) is 64.4 Å². The molecule has 136 valence electrons. The van der Waals surface area contributed by atoms with Gasteiger partial charge in [0, 0.05) is 19.8 Å². The molecule has 1 saturated heterocycles. The molecule has 1 aromatic rings. The van der Waals surface area contributed by atoms with Crippen LogP contribution in [-0.2, 0) is 22.1 Å². The van der Waals surface area contributed by atoms with E-state index >= 15 is 0 Å². The van der Waals surface area contributed by atoms with E-state index in [2.05, 4.69) is 5.32 Å². The lowest BCUT2D eigenvalue weighted by molar-refractivity contribution is -0.138. The SMILES string of the molecule is Cl.NC(C(=O)NCCc1ccccc1C(F)(F)F)C1CCOCC1. The first-order chi connectivity index (χ1) is 10.9. The number of carbonyl (C=O) groups is 1. The van der Waals surface area contributed by atoms with Crippen LogP contribution in [0.25, 0.3) is 0 Å². The van der Waals surface area contributed by atoms with E-state index in [1.165, 1.54) is 12.1 Å². The Morgan fingerprint density at radius 3 is 2.54 bits per heavy atom. The minimum Gasteiger partial charge on any atom is -0.381 e. The molecule has 0 aromatic heterocycles. The fourth-order valence-corrected chi connectivity index (χ4v) is 2.74. The van der Waals surface area contributed by atoms with E-state index in [1.54, 1.807) is 6.07 Å². The van der Waals surface area contributed by atoms with Crippen molar-refractivity contribution < 1.29 is 22.7 Å². The summed E-state index contributed by atoms with van der Waals surface area (Å²) < 4.78 is 43.9. The van der Waals surface area contributed by atoms with Crippen LogP contribution in [0, 0.1) is 5.92 Å². The molecule has 1 aromatic carbocycles. The summed E-state index contributed by atoms with van der Waals surface area (Å²) in [7, 11) is 0. The Morgan fingerprint density at radius 2 is 1.92 bits per heavy atom. The van der Waals surface area contributed by atoms with Crippen molar-refractivity contribution in [2.24, 2.45) is 11.7 Å². The molecule has 0 radical (unpaired) electrons. The summed E-state index contributed by atoms with van der Waals surface area (Å²) in [6, 6.07) is 4.74. The molecule has 4 nitrogen and oxygen atoms in total. The number of hydrogen-bond donors (Lipinski definition) is 2. The number of nitrogens with two attached hydrogens (primary N) is 1. The molecule has 1 aliphatic heterocycles. The van der Waals surface area contributed by atoms with Gasteiger partial charge in [-0.1, -0.05) is 18.2 Å². The first-order valence-corrected chi connectivity index (χ1v) is 7.65. The van der Waals surface area contributed by atoms with Gasteiger partial charge in [0.05, 0.1) is 11.6 Å². The fraction of sp³-hybridized carbons (Fsp3) is 0.562. The number of alkyl halides is 3. The van der Waals surface area contributed by atoms with Crippen molar-refractivity contribution in [2.75, 3.05) is 19.8 Å². The first kappa shape index (κ1) is 20.7. The van der Waals surface area contributed by atoms with Crippen molar-refractivity contribution in [1.29, 1.82) is 0 Å². The molecule has 24 heavy (non-hydrogen) atoms. The fourth-order valence-electron chi connectivity index (χ4n) is 2.74. The van der Waals surface area contributed by atoms with Crippen LogP contribution in [0.1, 0.15) is 24.0 Å². The summed E-state index contributed by atoms with van der Waals surface area (Å²) in [6.45, 7) is 1.30. The van der Waals surface area contributed by atoms with Crippen LogP contribution in [0.5, 0.6) is 0 Å². The number of halogens is 4. The molecular formula is C16H22ClF3N2O2. The van der Waals surface area contributed by atoms with E-state index < -0.39 is 17.8 Å². The standard InChI is InChI=1S/C16H21F3N2O2.ClH/c17-16(18,19)13-4-2-1-3-11(13)5-8-21-15(22)14(20)12-6-9-23-10-7-12;/h1-4,12,14H,5-10,20H2,(H,21,22);1H. The second-order valence-corrected chi connectivity index (χ2v) is 5.67. The molecule has 1 fully saturated rings. The molecule has 0 spiro atoms. The van der Waals surface area contributed by atoms with E-state index in [-0.39, 0.29) is 42.8 Å². The Hall–Kier alpha value is -1.31. The largest absolute Gasteiger partial charge is 0.416 e. The Kier molecular flexibility index (Phi) is 7.99. The molecule has 1 atom stereocenters. The van der Waals surface area contributed by atoms with Gasteiger partial charge < -0.3 is 15.8 Å². The molecular weight excluding hydrogens is 345 g/mol. The number of ether oxygens (including phenoxy) is 1. The van der Waals surface area contributed by atoms with Crippen molar-refractivity contribution in [3.05, 3.63) is 35.4 Å². The van der Waals surface area contributed by atoms with Crippen LogP contribution >= 0.6 is 12.4 Å². The van der Waals surface area contributed by atoms with Gasteiger partial charge in [0.15, 0.2) is 0 Å². The third-order valence-electron chi connectivity index (χ3n) is 4.09. The van der Waals surface area contributed by atoms with Crippen LogP contribution in [0.15, 0.2) is 24.3 Å². The summed E-state index contributed by atoms with van der Waals surface area (Å²) in [4.78, 5) is 12.0. The summed E-state index contributed by atoms with van der Waals surface area (Å²) in [5.74, 6) is -0.257. The summed E-state index contributed by atoms with van der Waals surface area (Å²) in [5, 5.41) is 2.63. The highest BCUT2D eigenvalue weighted by atomic mass is 35.5. The molecule has 0 bridgehead atoms. The molecule has 1 heterocycles. The van der Waals surface area contributed by atoms with E-state index in [0.717, 1.165) is 18.9 Å². The molecule has 0 saturated carbocycles. The lowest BCUT2D eigenvalue weighted by Gasteiger charge is -2.26. The maximum atomic E-state index is 12.9. The quantitative estimate of drug-likeness (QED) is 0.841. The molecule has 2 rings (SSSR count). The number of benzene rings is 1. The number of amides is 1. The van der Waals surface area contributed by atoms with Crippen LogP contribution in [0.3, 0.4) is 0 Å². The van der Waals surface area contributed by atoms with Crippen LogP contribution in [-0.4, -0.2) is 31.7 Å². The lowest BCUT2D eigenvalue weighted by atomic mass is 9.92. The predicted octanol–water partition coefficient (Wildman–Crippen LogP) is 2.54. The van der Waals surface area contributed by atoms with Crippen molar-refractivity contribution >= 4 is 18.3 Å². The van der Waals surface area contributed by atoms with Gasteiger partial charge in [0.1, 0.15) is 0 Å². The van der Waals surface area contributed by atoms with E-state index in [0.29, 0.717) is 13.2 Å². The number of hydrogen-bond acceptors (Lipinski definition) is 3. The molecule has 1 amide bonds. The Labute approximate surface area is 145 Å². The first-order valence-electron chi connectivity index (χ1n) is 7.65. The van der Waals surface area contributed by atoms with Gasteiger partial charge in [-0.25, -0.2) is 0 Å². The highest BCUT2D eigenvalue weighted by Crippen LogP contribution is 2.31. The van der Waals surface area contributed by atoms with Crippen molar-refractivity contribution in [1.82, 2.24) is 5.32 Å². The number of rotatable bonds is 5. The van der Waals surface area contributed by atoms with Crippen LogP contribution in [0.4, 0.5) is 13.2 Å². The Balaban J connectivity index is 0.00000288. The maximum Gasteiger partial charge on any atom is 0.416 e. The van der Waals surface area contributed by atoms with E-state index in [1.807, 2.05) is 0 Å². The Morgan fingerprint density at radius 1 is 1.29 bits per heavy atom. The van der Waals surface area contributed by atoms with Gasteiger partial charge >= 0.3 is 6.18 Å². The zero-order valence-electron chi connectivity index (χ0n) is 13.1. The van der Waals surface area contributed by atoms with Gasteiger partial charge in [-0.2, -0.15) is 13.2 Å². The molecule has 3 N–H and O–H groups in total. The summed E-state index contributed by atoms with van der Waals surface area (Å²) in [6.07, 6.45) is -2.82. The number of nitrogens with one attached hydrogen (secondary N) is 1. The molecule has 8 heteroatoms. The third kappa shape index (κ3) is 5.65. The third-order valence-corrected chi connectivity index (χ3v) is 4.09. The van der Waals surface area contributed by atoms with Crippen molar-refractivity contribution in [2.45, 2.75) is 31.5 Å². The monoisotopic (exact) mass is 366 g/mol.